The SMILES string of the molecule is CC1CCC(CN2CC(C)CC(C)C2)(C(=O)O)CC1. The molecule has 1 saturated heterocycles. The highest BCUT2D eigenvalue weighted by Gasteiger charge is 2.43. The lowest BCUT2D eigenvalue weighted by Crippen LogP contribution is -2.49. The minimum atomic E-state index is -0.565. The van der Waals surface area contributed by atoms with Crippen molar-refractivity contribution in [3.8, 4) is 0 Å². The zero-order valence-corrected chi connectivity index (χ0v) is 12.7. The van der Waals surface area contributed by atoms with E-state index in [0.717, 1.165) is 45.3 Å². The maximum atomic E-state index is 11.8. The minimum Gasteiger partial charge on any atom is -0.481 e. The van der Waals surface area contributed by atoms with E-state index in [2.05, 4.69) is 25.7 Å². The van der Waals surface area contributed by atoms with Crippen molar-refractivity contribution in [2.45, 2.75) is 52.9 Å². The van der Waals surface area contributed by atoms with E-state index in [4.69, 9.17) is 0 Å². The lowest BCUT2D eigenvalue weighted by molar-refractivity contribution is -0.153. The molecule has 3 heteroatoms. The molecule has 0 radical (unpaired) electrons. The van der Waals surface area contributed by atoms with Crippen LogP contribution >= 0.6 is 0 Å². The van der Waals surface area contributed by atoms with Gasteiger partial charge in [-0.25, -0.2) is 0 Å². The third-order valence-corrected chi connectivity index (χ3v) is 5.16. The Morgan fingerprint density at radius 1 is 1.11 bits per heavy atom. The maximum Gasteiger partial charge on any atom is 0.310 e. The van der Waals surface area contributed by atoms with Crippen molar-refractivity contribution in [2.75, 3.05) is 19.6 Å². The van der Waals surface area contributed by atoms with E-state index in [9.17, 15) is 9.90 Å². The normalized spacial score (nSPS) is 41.1. The number of aliphatic carboxylic acids is 1. The summed E-state index contributed by atoms with van der Waals surface area (Å²) in [6.45, 7) is 9.75. The van der Waals surface area contributed by atoms with Gasteiger partial charge in [0.25, 0.3) is 0 Å². The summed E-state index contributed by atoms with van der Waals surface area (Å²) < 4.78 is 0. The highest BCUT2D eigenvalue weighted by atomic mass is 16.4. The van der Waals surface area contributed by atoms with Crippen molar-refractivity contribution in [1.82, 2.24) is 4.90 Å². The van der Waals surface area contributed by atoms with Crippen molar-refractivity contribution < 1.29 is 9.90 Å². The Morgan fingerprint density at radius 3 is 2.11 bits per heavy atom. The van der Waals surface area contributed by atoms with Crippen molar-refractivity contribution >= 4 is 5.97 Å². The van der Waals surface area contributed by atoms with Crippen LogP contribution in [0.1, 0.15) is 52.9 Å². The van der Waals surface area contributed by atoms with Gasteiger partial charge in [-0.05, 0) is 49.9 Å². The van der Waals surface area contributed by atoms with Crippen LogP contribution in [-0.4, -0.2) is 35.6 Å². The molecule has 2 unspecified atom stereocenters. The second-order valence-electron chi connectivity index (χ2n) is 7.41. The highest BCUT2D eigenvalue weighted by Crippen LogP contribution is 2.40. The third kappa shape index (κ3) is 3.50. The van der Waals surface area contributed by atoms with Gasteiger partial charge in [-0.2, -0.15) is 0 Å². The van der Waals surface area contributed by atoms with E-state index in [-0.39, 0.29) is 0 Å². The van der Waals surface area contributed by atoms with Crippen LogP contribution in [0.25, 0.3) is 0 Å². The van der Waals surface area contributed by atoms with E-state index in [0.29, 0.717) is 17.8 Å². The number of carboxylic acid groups (broad SMARTS) is 1. The molecule has 19 heavy (non-hydrogen) atoms. The number of likely N-dealkylation sites (tertiary alicyclic amines) is 1. The predicted octanol–water partition coefficient (Wildman–Crippen LogP) is 3.25. The lowest BCUT2D eigenvalue weighted by atomic mass is 9.70. The van der Waals surface area contributed by atoms with Gasteiger partial charge in [-0.3, -0.25) is 4.79 Å². The molecule has 2 aliphatic rings. The number of hydrogen-bond acceptors (Lipinski definition) is 2. The first-order valence-electron chi connectivity index (χ1n) is 7.87. The fourth-order valence-electron chi connectivity index (χ4n) is 4.10. The summed E-state index contributed by atoms with van der Waals surface area (Å²) in [6, 6.07) is 0. The molecule has 1 heterocycles. The number of carboxylic acids is 1. The Bertz CT molecular complexity index is 311. The molecule has 2 rings (SSSR count). The first kappa shape index (κ1) is 14.8. The fourth-order valence-corrected chi connectivity index (χ4v) is 4.10. The molecule has 1 N–H and O–H groups in total. The van der Waals surface area contributed by atoms with Crippen LogP contribution < -0.4 is 0 Å². The van der Waals surface area contributed by atoms with Gasteiger partial charge in [-0.15, -0.1) is 0 Å². The number of nitrogens with zero attached hydrogens (tertiary/aromatic N) is 1. The predicted molar refractivity (Wildman–Crippen MR) is 77.1 cm³/mol. The van der Waals surface area contributed by atoms with Gasteiger partial charge in [0.05, 0.1) is 5.41 Å². The average Bonchev–Trinajstić information content (AvgIpc) is 2.31. The molecule has 1 aliphatic heterocycles. The van der Waals surface area contributed by atoms with Crippen LogP contribution in [0.2, 0.25) is 0 Å². The van der Waals surface area contributed by atoms with Gasteiger partial charge in [0.1, 0.15) is 0 Å². The Labute approximate surface area is 117 Å². The molecule has 0 bridgehead atoms. The Balaban J connectivity index is 2.02. The first-order valence-corrected chi connectivity index (χ1v) is 7.87. The van der Waals surface area contributed by atoms with E-state index >= 15 is 0 Å². The Hall–Kier alpha value is -0.570. The molecule has 0 aromatic heterocycles. The second kappa shape index (κ2) is 5.82. The van der Waals surface area contributed by atoms with E-state index < -0.39 is 11.4 Å². The lowest BCUT2D eigenvalue weighted by Gasteiger charge is -2.43. The van der Waals surface area contributed by atoms with E-state index in [1.54, 1.807) is 0 Å². The second-order valence-corrected chi connectivity index (χ2v) is 7.41. The molecule has 110 valence electrons. The summed E-state index contributed by atoms with van der Waals surface area (Å²) in [5.41, 5.74) is -0.469. The molecule has 3 nitrogen and oxygen atoms in total. The zero-order chi connectivity index (χ0) is 14.0. The largest absolute Gasteiger partial charge is 0.481 e. The van der Waals surface area contributed by atoms with Gasteiger partial charge in [0.15, 0.2) is 0 Å². The highest BCUT2D eigenvalue weighted by molar-refractivity contribution is 5.75. The molecule has 0 spiro atoms. The number of rotatable bonds is 3. The molecule has 0 aromatic rings. The minimum absolute atomic E-state index is 0.469. The summed E-state index contributed by atoms with van der Waals surface area (Å²) in [5.74, 6) is 1.55. The Morgan fingerprint density at radius 2 is 1.63 bits per heavy atom. The number of hydrogen-bond donors (Lipinski definition) is 1. The zero-order valence-electron chi connectivity index (χ0n) is 12.7. The number of carbonyl (C=O) groups is 1. The standard InChI is InChI=1S/C16H29NO2/c1-12-4-6-16(7-5-12,15(18)19)11-17-9-13(2)8-14(3)10-17/h12-14H,4-11H2,1-3H3,(H,18,19). The fraction of sp³-hybridized carbons (Fsp3) is 0.938. The smallest absolute Gasteiger partial charge is 0.310 e. The van der Waals surface area contributed by atoms with Crippen LogP contribution in [0.15, 0.2) is 0 Å². The summed E-state index contributed by atoms with van der Waals surface area (Å²) in [5, 5.41) is 9.71. The Kier molecular flexibility index (Phi) is 4.54. The van der Waals surface area contributed by atoms with Crippen LogP contribution in [0, 0.1) is 23.2 Å². The van der Waals surface area contributed by atoms with Crippen LogP contribution in [0.3, 0.4) is 0 Å². The number of piperidine rings is 1. The summed E-state index contributed by atoms with van der Waals surface area (Å²) in [4.78, 5) is 14.2. The molecule has 1 aliphatic carbocycles. The van der Waals surface area contributed by atoms with Crippen LogP contribution in [-0.2, 0) is 4.79 Å². The van der Waals surface area contributed by atoms with Crippen molar-refractivity contribution in [2.24, 2.45) is 23.2 Å². The molecule has 0 aromatic carbocycles. The summed E-state index contributed by atoms with van der Waals surface area (Å²) in [6.07, 6.45) is 5.16. The van der Waals surface area contributed by atoms with Gasteiger partial charge in [0, 0.05) is 19.6 Å². The first-order chi connectivity index (χ1) is 8.91. The topological polar surface area (TPSA) is 40.5 Å². The molecular formula is C16H29NO2. The monoisotopic (exact) mass is 267 g/mol. The van der Waals surface area contributed by atoms with Gasteiger partial charge < -0.3 is 10.0 Å². The van der Waals surface area contributed by atoms with Gasteiger partial charge >= 0.3 is 5.97 Å². The van der Waals surface area contributed by atoms with Crippen LogP contribution in [0.4, 0.5) is 0 Å². The third-order valence-electron chi connectivity index (χ3n) is 5.16. The van der Waals surface area contributed by atoms with Gasteiger partial charge in [-0.1, -0.05) is 20.8 Å². The maximum absolute atomic E-state index is 11.8. The van der Waals surface area contributed by atoms with Crippen molar-refractivity contribution in [3.63, 3.8) is 0 Å². The molecule has 0 amide bonds. The molecule has 2 atom stereocenters. The van der Waals surface area contributed by atoms with E-state index in [1.165, 1.54) is 6.42 Å². The molecule has 1 saturated carbocycles. The van der Waals surface area contributed by atoms with Gasteiger partial charge in [0.2, 0.25) is 0 Å². The molecule has 2 fully saturated rings. The average molecular weight is 267 g/mol. The van der Waals surface area contributed by atoms with Crippen molar-refractivity contribution in [1.29, 1.82) is 0 Å². The molecular weight excluding hydrogens is 238 g/mol. The quantitative estimate of drug-likeness (QED) is 0.853. The summed E-state index contributed by atoms with van der Waals surface area (Å²) >= 11 is 0. The van der Waals surface area contributed by atoms with Crippen molar-refractivity contribution in [3.05, 3.63) is 0 Å². The van der Waals surface area contributed by atoms with E-state index in [1.807, 2.05) is 0 Å². The van der Waals surface area contributed by atoms with Crippen LogP contribution in [0.5, 0.6) is 0 Å². The summed E-state index contributed by atoms with van der Waals surface area (Å²) in [7, 11) is 0.